The predicted octanol–water partition coefficient (Wildman–Crippen LogP) is -1.03. The molecule has 92 valence electrons. The molecule has 0 saturated heterocycles. The van der Waals surface area contributed by atoms with Crippen molar-refractivity contribution in [1.82, 2.24) is 14.8 Å². The minimum absolute atomic E-state index is 0.114. The summed E-state index contributed by atoms with van der Waals surface area (Å²) in [5.74, 6) is 0. The van der Waals surface area contributed by atoms with Gasteiger partial charge in [0.1, 0.15) is 0 Å². The summed E-state index contributed by atoms with van der Waals surface area (Å²) in [6.07, 6.45) is 0. The van der Waals surface area contributed by atoms with Crippen LogP contribution in [0.5, 0.6) is 6.01 Å². The average Bonchev–Trinajstić information content (AvgIpc) is 2.58. The molecule has 0 aliphatic rings. The molecule has 0 aliphatic carbocycles. The van der Waals surface area contributed by atoms with Crippen molar-refractivity contribution in [2.24, 2.45) is 5.14 Å². The molecule has 0 atom stereocenters. The van der Waals surface area contributed by atoms with E-state index in [1.165, 1.54) is 11.7 Å². The molecule has 1 aromatic heterocycles. The third kappa shape index (κ3) is 2.90. The van der Waals surface area contributed by atoms with Crippen LogP contribution in [0.4, 0.5) is 0 Å². The third-order valence-corrected chi connectivity index (χ3v) is 2.54. The molecule has 0 radical (unpaired) electrons. The van der Waals surface area contributed by atoms with Gasteiger partial charge in [0.2, 0.25) is 0 Å². The first kappa shape index (κ1) is 12.9. The number of sulfonamides is 1. The first-order valence-corrected chi connectivity index (χ1v) is 6.13. The molecule has 0 fully saturated rings. The minimum atomic E-state index is -3.91. The monoisotopic (exact) mass is 250 g/mol. The Hall–Kier alpha value is -1.19. The quantitative estimate of drug-likeness (QED) is 0.691. The highest BCUT2D eigenvalue weighted by Crippen LogP contribution is 2.13. The second kappa shape index (κ2) is 5.23. The fourth-order valence-corrected chi connectivity index (χ4v) is 1.73. The van der Waals surface area contributed by atoms with Gasteiger partial charge in [0, 0.05) is 7.11 Å². The highest BCUT2D eigenvalue weighted by molar-refractivity contribution is 7.89. The summed E-state index contributed by atoms with van der Waals surface area (Å²) in [5, 5.41) is 11.7. The molecule has 1 rings (SSSR count). The zero-order chi connectivity index (χ0) is 12.2. The molecule has 0 unspecified atom stereocenters. The van der Waals surface area contributed by atoms with Crippen molar-refractivity contribution in [2.45, 2.75) is 18.6 Å². The van der Waals surface area contributed by atoms with Crippen molar-refractivity contribution in [3.8, 4) is 6.01 Å². The molecule has 0 bridgehead atoms. The van der Waals surface area contributed by atoms with Crippen molar-refractivity contribution < 1.29 is 17.9 Å². The number of hydrogen-bond acceptors (Lipinski definition) is 6. The fraction of sp³-hybridized carbons (Fsp3) is 0.714. The van der Waals surface area contributed by atoms with Gasteiger partial charge in [0.05, 0.1) is 19.8 Å². The standard InChI is InChI=1S/C7H14N4O4S/c1-3-15-6-9-10-7(16(8,12)13)11(6)4-5-14-2/h3-5H2,1-2H3,(H2,8,12,13). The van der Waals surface area contributed by atoms with E-state index in [4.69, 9.17) is 14.6 Å². The van der Waals surface area contributed by atoms with Crippen LogP contribution in [0, 0.1) is 0 Å². The van der Waals surface area contributed by atoms with Crippen LogP contribution in [0.15, 0.2) is 5.16 Å². The molecule has 9 heteroatoms. The Bertz CT molecular complexity index is 441. The van der Waals surface area contributed by atoms with E-state index in [1.807, 2.05) is 0 Å². The summed E-state index contributed by atoms with van der Waals surface area (Å²) < 4.78 is 33.6. The Kier molecular flexibility index (Phi) is 4.21. The zero-order valence-corrected chi connectivity index (χ0v) is 9.90. The van der Waals surface area contributed by atoms with E-state index in [0.29, 0.717) is 13.2 Å². The van der Waals surface area contributed by atoms with Gasteiger partial charge in [-0.2, -0.15) is 0 Å². The van der Waals surface area contributed by atoms with E-state index < -0.39 is 10.0 Å². The van der Waals surface area contributed by atoms with Crippen molar-refractivity contribution in [1.29, 1.82) is 0 Å². The maximum absolute atomic E-state index is 11.2. The van der Waals surface area contributed by atoms with Gasteiger partial charge in [0.25, 0.3) is 15.2 Å². The number of hydrogen-bond donors (Lipinski definition) is 1. The van der Waals surface area contributed by atoms with Crippen LogP contribution in [-0.4, -0.2) is 43.5 Å². The maximum atomic E-state index is 11.2. The van der Waals surface area contributed by atoms with E-state index in [0.717, 1.165) is 0 Å². The van der Waals surface area contributed by atoms with Crippen molar-refractivity contribution in [2.75, 3.05) is 20.3 Å². The molecular formula is C7H14N4O4S. The van der Waals surface area contributed by atoms with E-state index >= 15 is 0 Å². The summed E-state index contributed by atoms with van der Waals surface area (Å²) in [6, 6.07) is 0.114. The topological polar surface area (TPSA) is 109 Å². The van der Waals surface area contributed by atoms with Crippen LogP contribution >= 0.6 is 0 Å². The van der Waals surface area contributed by atoms with Gasteiger partial charge in [-0.1, -0.05) is 5.10 Å². The molecule has 16 heavy (non-hydrogen) atoms. The Morgan fingerprint density at radius 3 is 2.62 bits per heavy atom. The van der Waals surface area contributed by atoms with Gasteiger partial charge in [-0.25, -0.2) is 13.6 Å². The lowest BCUT2D eigenvalue weighted by Crippen LogP contribution is -2.20. The lowest BCUT2D eigenvalue weighted by molar-refractivity contribution is 0.177. The van der Waals surface area contributed by atoms with Crippen LogP contribution in [0.1, 0.15) is 6.92 Å². The number of methoxy groups -OCH3 is 1. The van der Waals surface area contributed by atoms with Gasteiger partial charge >= 0.3 is 6.01 Å². The molecule has 0 aliphatic heterocycles. The smallest absolute Gasteiger partial charge is 0.317 e. The normalized spacial score (nSPS) is 11.7. The van der Waals surface area contributed by atoms with Crippen LogP contribution < -0.4 is 9.88 Å². The van der Waals surface area contributed by atoms with Gasteiger partial charge in [-0.3, -0.25) is 4.57 Å². The van der Waals surface area contributed by atoms with Crippen LogP contribution in [0.25, 0.3) is 0 Å². The summed E-state index contributed by atoms with van der Waals surface area (Å²) in [5.41, 5.74) is 0. The van der Waals surface area contributed by atoms with Crippen molar-refractivity contribution >= 4 is 10.0 Å². The van der Waals surface area contributed by atoms with Crippen molar-refractivity contribution in [3.63, 3.8) is 0 Å². The van der Waals surface area contributed by atoms with Gasteiger partial charge in [0.15, 0.2) is 0 Å². The van der Waals surface area contributed by atoms with Gasteiger partial charge < -0.3 is 9.47 Å². The SMILES string of the molecule is CCOc1nnc(S(N)(=O)=O)n1CCOC. The Labute approximate surface area is 93.4 Å². The van der Waals surface area contributed by atoms with Crippen LogP contribution in [0.3, 0.4) is 0 Å². The number of nitrogens with zero attached hydrogens (tertiary/aromatic N) is 3. The molecule has 0 saturated carbocycles. The molecular weight excluding hydrogens is 236 g/mol. The number of nitrogens with two attached hydrogens (primary N) is 1. The van der Waals surface area contributed by atoms with Crippen LogP contribution in [-0.2, 0) is 21.3 Å². The molecule has 8 nitrogen and oxygen atoms in total. The van der Waals surface area contributed by atoms with E-state index in [1.54, 1.807) is 6.92 Å². The minimum Gasteiger partial charge on any atom is -0.464 e. The molecule has 1 heterocycles. The Morgan fingerprint density at radius 1 is 1.44 bits per heavy atom. The van der Waals surface area contributed by atoms with E-state index in [2.05, 4.69) is 10.2 Å². The maximum Gasteiger partial charge on any atom is 0.317 e. The zero-order valence-electron chi connectivity index (χ0n) is 9.08. The predicted molar refractivity (Wildman–Crippen MR) is 54.4 cm³/mol. The third-order valence-electron chi connectivity index (χ3n) is 1.73. The first-order chi connectivity index (χ1) is 7.50. The molecule has 2 N–H and O–H groups in total. The summed E-state index contributed by atoms with van der Waals surface area (Å²) >= 11 is 0. The summed E-state index contributed by atoms with van der Waals surface area (Å²) in [6.45, 7) is 2.67. The van der Waals surface area contributed by atoms with Crippen molar-refractivity contribution in [3.05, 3.63) is 0 Å². The Balaban J connectivity index is 3.09. The molecule has 1 aromatic rings. The second-order valence-corrected chi connectivity index (χ2v) is 4.34. The van der Waals surface area contributed by atoms with Crippen LogP contribution in [0.2, 0.25) is 0 Å². The highest BCUT2D eigenvalue weighted by Gasteiger charge is 2.21. The largest absolute Gasteiger partial charge is 0.464 e. The van der Waals surface area contributed by atoms with Gasteiger partial charge in [-0.05, 0) is 6.92 Å². The summed E-state index contributed by atoms with van der Waals surface area (Å²) in [7, 11) is -2.41. The van der Waals surface area contributed by atoms with E-state index in [-0.39, 0.29) is 17.7 Å². The lowest BCUT2D eigenvalue weighted by Gasteiger charge is -2.07. The van der Waals surface area contributed by atoms with E-state index in [9.17, 15) is 8.42 Å². The molecule has 0 spiro atoms. The molecule has 0 amide bonds. The highest BCUT2D eigenvalue weighted by atomic mass is 32.2. The summed E-state index contributed by atoms with van der Waals surface area (Å²) in [4.78, 5) is 0. The fourth-order valence-electron chi connectivity index (χ4n) is 1.10. The number of ether oxygens (including phenoxy) is 2. The second-order valence-electron chi connectivity index (χ2n) is 2.89. The Morgan fingerprint density at radius 2 is 2.12 bits per heavy atom. The molecule has 0 aromatic carbocycles. The first-order valence-electron chi connectivity index (χ1n) is 4.58. The van der Waals surface area contributed by atoms with Gasteiger partial charge in [-0.15, -0.1) is 5.10 Å². The number of primary sulfonamides is 1. The lowest BCUT2D eigenvalue weighted by atomic mass is 10.7. The average molecular weight is 250 g/mol. The number of rotatable bonds is 6. The number of aromatic nitrogens is 3.